The molecule has 1 amide bonds. The molecular weight excluding hydrogens is 492 g/mol. The van der Waals surface area contributed by atoms with Gasteiger partial charge in [-0.1, -0.05) is 18.2 Å². The van der Waals surface area contributed by atoms with Gasteiger partial charge < -0.3 is 14.6 Å². The maximum atomic E-state index is 13.5. The van der Waals surface area contributed by atoms with E-state index in [0.717, 1.165) is 11.1 Å². The summed E-state index contributed by atoms with van der Waals surface area (Å²) < 4.78 is 11.4. The molecule has 1 saturated heterocycles. The number of aromatic nitrogens is 1. The number of aliphatic hydroxyl groups is 1. The molecule has 0 bridgehead atoms. The monoisotopic (exact) mass is 520 g/mol. The summed E-state index contributed by atoms with van der Waals surface area (Å²) in [5, 5.41) is 11.5. The van der Waals surface area contributed by atoms with Crippen molar-refractivity contribution in [1.29, 1.82) is 0 Å². The maximum absolute atomic E-state index is 13.5. The number of hydrogen-bond acceptors (Lipinski definition) is 6. The normalized spacial score (nSPS) is 16.4. The highest BCUT2D eigenvalue weighted by atomic mass is 16.5. The molecule has 0 radical (unpaired) electrons. The van der Waals surface area contributed by atoms with Crippen molar-refractivity contribution in [3.8, 4) is 17.2 Å². The number of aryl methyl sites for hydroxylation is 3. The average Bonchev–Trinajstić information content (AvgIpc) is 3.20. The Labute approximate surface area is 227 Å². The van der Waals surface area contributed by atoms with Crippen molar-refractivity contribution < 1.29 is 24.2 Å². The zero-order valence-electron chi connectivity index (χ0n) is 22.1. The van der Waals surface area contributed by atoms with E-state index in [4.69, 9.17) is 9.47 Å². The number of amides is 1. The molecule has 196 valence electrons. The lowest BCUT2D eigenvalue weighted by Gasteiger charge is -2.25. The van der Waals surface area contributed by atoms with Gasteiger partial charge in [-0.25, -0.2) is 0 Å². The van der Waals surface area contributed by atoms with Crippen molar-refractivity contribution in [2.75, 3.05) is 12.0 Å². The Morgan fingerprint density at radius 2 is 1.67 bits per heavy atom. The van der Waals surface area contributed by atoms with Crippen LogP contribution in [-0.4, -0.2) is 28.9 Å². The Morgan fingerprint density at radius 3 is 2.33 bits per heavy atom. The molecule has 1 N–H and O–H groups in total. The van der Waals surface area contributed by atoms with Gasteiger partial charge in [-0.15, -0.1) is 0 Å². The van der Waals surface area contributed by atoms with Crippen molar-refractivity contribution in [3.63, 3.8) is 0 Å². The van der Waals surface area contributed by atoms with Gasteiger partial charge in [0.15, 0.2) is 0 Å². The van der Waals surface area contributed by atoms with Crippen LogP contribution in [0.2, 0.25) is 0 Å². The van der Waals surface area contributed by atoms with E-state index < -0.39 is 17.7 Å². The lowest BCUT2D eigenvalue weighted by atomic mass is 9.93. The van der Waals surface area contributed by atoms with E-state index >= 15 is 0 Å². The van der Waals surface area contributed by atoms with Gasteiger partial charge in [-0.05, 0) is 97.6 Å². The zero-order chi connectivity index (χ0) is 27.7. The first-order valence-electron chi connectivity index (χ1n) is 12.5. The third kappa shape index (κ3) is 4.86. The lowest BCUT2D eigenvalue weighted by Crippen LogP contribution is -2.29. The van der Waals surface area contributed by atoms with Crippen LogP contribution in [0.3, 0.4) is 0 Å². The van der Waals surface area contributed by atoms with Crippen molar-refractivity contribution in [3.05, 3.63) is 119 Å². The number of ketones is 1. The van der Waals surface area contributed by atoms with E-state index in [9.17, 15) is 14.7 Å². The third-order valence-electron chi connectivity index (χ3n) is 6.78. The number of ether oxygens (including phenoxy) is 2. The highest BCUT2D eigenvalue weighted by molar-refractivity contribution is 6.51. The molecule has 1 fully saturated rings. The number of carbonyl (C=O) groups excluding carboxylic acids is 2. The second-order valence-electron chi connectivity index (χ2n) is 9.50. The SMILES string of the molecule is COc1cc(C)c(/C(O)=C2\C(=O)C(=O)N(c3ccc(Oc4cccc(C)c4)cc3)C2c2cccnc2)cc1C. The van der Waals surface area contributed by atoms with Crippen molar-refractivity contribution in [2.24, 2.45) is 0 Å². The van der Waals surface area contributed by atoms with Crippen molar-refractivity contribution >= 4 is 23.1 Å². The molecule has 7 heteroatoms. The topological polar surface area (TPSA) is 89.0 Å². The van der Waals surface area contributed by atoms with Crippen LogP contribution in [0.5, 0.6) is 17.2 Å². The smallest absolute Gasteiger partial charge is 0.300 e. The highest BCUT2D eigenvalue weighted by Gasteiger charge is 2.47. The molecule has 7 nitrogen and oxygen atoms in total. The minimum atomic E-state index is -0.871. The van der Waals surface area contributed by atoms with Crippen molar-refractivity contribution in [2.45, 2.75) is 26.8 Å². The summed E-state index contributed by atoms with van der Waals surface area (Å²) in [4.78, 5) is 32.5. The summed E-state index contributed by atoms with van der Waals surface area (Å²) in [6.07, 6.45) is 3.21. The van der Waals surface area contributed by atoms with Gasteiger partial charge >= 0.3 is 0 Å². The van der Waals surface area contributed by atoms with Crippen LogP contribution in [0.4, 0.5) is 5.69 Å². The predicted molar refractivity (Wildman–Crippen MR) is 149 cm³/mol. The molecule has 1 unspecified atom stereocenters. The number of carbonyl (C=O) groups is 2. The first-order valence-corrected chi connectivity index (χ1v) is 12.5. The molecule has 5 rings (SSSR count). The second kappa shape index (κ2) is 10.5. The largest absolute Gasteiger partial charge is 0.507 e. The molecular formula is C32H28N2O5. The Kier molecular flexibility index (Phi) is 6.90. The minimum Gasteiger partial charge on any atom is -0.507 e. The molecule has 2 heterocycles. The van der Waals surface area contributed by atoms with Crippen LogP contribution >= 0.6 is 0 Å². The standard InChI is InChI=1S/C32H28N2O5/c1-19-7-5-9-25(15-19)39-24-12-10-23(11-13-24)34-29(22-8-6-14-33-18-22)28(31(36)32(34)37)30(35)26-16-21(3)27(38-4)17-20(26)2/h5-18,29,35H,1-4H3/b30-28+. The number of benzene rings is 3. The number of methoxy groups -OCH3 is 1. The fraction of sp³-hybridized carbons (Fsp3) is 0.156. The number of Topliss-reactive ketones (excluding diaryl/α,β-unsaturated/α-hetero) is 1. The fourth-order valence-electron chi connectivity index (χ4n) is 4.85. The molecule has 0 aliphatic carbocycles. The number of nitrogens with zero attached hydrogens (tertiary/aromatic N) is 2. The van der Waals surface area contributed by atoms with Gasteiger partial charge in [0.05, 0.1) is 18.7 Å². The molecule has 3 aromatic carbocycles. The molecule has 39 heavy (non-hydrogen) atoms. The maximum Gasteiger partial charge on any atom is 0.300 e. The summed E-state index contributed by atoms with van der Waals surface area (Å²) in [6.45, 7) is 5.66. The lowest BCUT2D eigenvalue weighted by molar-refractivity contribution is -0.132. The van der Waals surface area contributed by atoms with E-state index in [2.05, 4.69) is 4.98 Å². The van der Waals surface area contributed by atoms with Gasteiger partial charge in [0.25, 0.3) is 11.7 Å². The third-order valence-corrected chi connectivity index (χ3v) is 6.78. The van der Waals surface area contributed by atoms with E-state index in [0.29, 0.717) is 39.6 Å². The van der Waals surface area contributed by atoms with Gasteiger partial charge in [-0.3, -0.25) is 19.5 Å². The highest BCUT2D eigenvalue weighted by Crippen LogP contribution is 2.43. The number of rotatable bonds is 6. The molecule has 1 aliphatic heterocycles. The Bertz CT molecular complexity index is 1590. The first-order chi connectivity index (χ1) is 18.8. The summed E-state index contributed by atoms with van der Waals surface area (Å²) in [7, 11) is 1.58. The predicted octanol–water partition coefficient (Wildman–Crippen LogP) is 6.43. The van der Waals surface area contributed by atoms with Crippen LogP contribution in [0.1, 0.15) is 33.9 Å². The number of aliphatic hydroxyl groups excluding tert-OH is 1. The summed E-state index contributed by atoms with van der Waals surface area (Å²) in [5.74, 6) is 0.204. The molecule has 1 atom stereocenters. The molecule has 0 spiro atoms. The fourth-order valence-corrected chi connectivity index (χ4v) is 4.85. The Balaban J connectivity index is 1.59. The van der Waals surface area contributed by atoms with Gasteiger partial charge in [0.1, 0.15) is 23.0 Å². The van der Waals surface area contributed by atoms with E-state index in [1.807, 2.05) is 45.0 Å². The summed E-state index contributed by atoms with van der Waals surface area (Å²) in [6, 6.07) is 20.8. The zero-order valence-corrected chi connectivity index (χ0v) is 22.1. The van der Waals surface area contributed by atoms with Crippen LogP contribution in [-0.2, 0) is 9.59 Å². The first kappa shape index (κ1) is 25.7. The van der Waals surface area contributed by atoms with Crippen molar-refractivity contribution in [1.82, 2.24) is 4.98 Å². The Hall–Kier alpha value is -4.91. The average molecular weight is 521 g/mol. The molecule has 1 aliphatic rings. The number of pyridine rings is 1. The quantitative estimate of drug-likeness (QED) is 0.179. The summed E-state index contributed by atoms with van der Waals surface area (Å²) >= 11 is 0. The molecule has 1 aromatic heterocycles. The van der Waals surface area contributed by atoms with E-state index in [-0.39, 0.29) is 11.3 Å². The number of hydrogen-bond donors (Lipinski definition) is 1. The van der Waals surface area contributed by atoms with Crippen LogP contribution in [0, 0.1) is 20.8 Å². The Morgan fingerprint density at radius 1 is 0.897 bits per heavy atom. The van der Waals surface area contributed by atoms with Gasteiger partial charge in [-0.2, -0.15) is 0 Å². The molecule has 0 saturated carbocycles. The van der Waals surface area contributed by atoms with E-state index in [1.165, 1.54) is 4.90 Å². The second-order valence-corrected chi connectivity index (χ2v) is 9.50. The van der Waals surface area contributed by atoms with Crippen LogP contribution in [0.15, 0.2) is 90.8 Å². The number of anilines is 1. The minimum absolute atomic E-state index is 0.000698. The van der Waals surface area contributed by atoms with Crippen LogP contribution < -0.4 is 14.4 Å². The van der Waals surface area contributed by atoms with Crippen LogP contribution in [0.25, 0.3) is 5.76 Å². The van der Waals surface area contributed by atoms with Gasteiger partial charge in [0, 0.05) is 23.6 Å². The van der Waals surface area contributed by atoms with E-state index in [1.54, 1.807) is 68.0 Å². The summed E-state index contributed by atoms with van der Waals surface area (Å²) in [5.41, 5.74) is 4.13. The van der Waals surface area contributed by atoms with Gasteiger partial charge in [0.2, 0.25) is 0 Å². The molecule has 4 aromatic rings.